The topological polar surface area (TPSA) is 46.2 Å². The average molecular weight is 222 g/mol. The van der Waals surface area contributed by atoms with Crippen LogP contribution in [0.4, 0.5) is 0 Å². The Bertz CT molecular complexity index is 266. The lowest BCUT2D eigenvalue weighted by Gasteiger charge is -2.14. The molecule has 1 aromatic carbocycles. The second kappa shape index (κ2) is 5.45. The van der Waals surface area contributed by atoms with Gasteiger partial charge in [-0.1, -0.05) is 23.7 Å². The lowest BCUT2D eigenvalue weighted by molar-refractivity contribution is 0.164. The molecule has 0 aliphatic heterocycles. The third-order valence-electron chi connectivity index (χ3n) is 1.75. The van der Waals surface area contributed by atoms with Crippen LogP contribution < -0.4 is 5.73 Å². The molecular weight excluding hydrogens is 209 g/mol. The molecule has 1 aromatic rings. The summed E-state index contributed by atoms with van der Waals surface area (Å²) >= 11 is 5.76. The van der Waals surface area contributed by atoms with E-state index in [0.29, 0.717) is 5.02 Å². The molecule has 2 atom stereocenters. The first-order chi connectivity index (χ1) is 5.61. The van der Waals surface area contributed by atoms with Crippen LogP contribution in [-0.2, 0) is 0 Å². The lowest BCUT2D eigenvalue weighted by Crippen LogP contribution is -2.22. The van der Waals surface area contributed by atoms with Crippen LogP contribution in [0, 0.1) is 0 Å². The highest BCUT2D eigenvalue weighted by Crippen LogP contribution is 2.18. The number of hydrogen-bond donors (Lipinski definition) is 2. The van der Waals surface area contributed by atoms with E-state index in [0.717, 1.165) is 5.56 Å². The predicted molar refractivity (Wildman–Crippen MR) is 57.3 cm³/mol. The zero-order chi connectivity index (χ0) is 9.14. The molecular formula is C9H13Cl2NO. The molecule has 4 heteroatoms. The second-order valence-electron chi connectivity index (χ2n) is 2.82. The molecule has 0 amide bonds. The molecule has 0 saturated heterocycles. The molecule has 74 valence electrons. The van der Waals surface area contributed by atoms with Crippen LogP contribution >= 0.6 is 24.0 Å². The van der Waals surface area contributed by atoms with Crippen LogP contribution in [0.15, 0.2) is 24.3 Å². The lowest BCUT2D eigenvalue weighted by atomic mass is 10.0. The van der Waals surface area contributed by atoms with Crippen molar-refractivity contribution in [3.63, 3.8) is 0 Å². The number of aliphatic hydroxyl groups excluding tert-OH is 1. The highest BCUT2D eigenvalue weighted by molar-refractivity contribution is 6.30. The molecule has 0 spiro atoms. The maximum Gasteiger partial charge on any atom is 0.0704 e. The fourth-order valence-electron chi connectivity index (χ4n) is 0.992. The minimum atomic E-state index is -0.552. The van der Waals surface area contributed by atoms with Gasteiger partial charge >= 0.3 is 0 Å². The maximum atomic E-state index is 9.20. The summed E-state index contributed by atoms with van der Waals surface area (Å²) in [5.41, 5.74) is 6.56. The number of halogens is 2. The summed E-state index contributed by atoms with van der Waals surface area (Å²) in [5, 5.41) is 9.84. The molecule has 3 N–H and O–H groups in total. The quantitative estimate of drug-likeness (QED) is 0.805. The largest absolute Gasteiger partial charge is 0.391 e. The van der Waals surface area contributed by atoms with Gasteiger partial charge in [0.15, 0.2) is 0 Å². The molecule has 1 rings (SSSR count). The van der Waals surface area contributed by atoms with E-state index in [2.05, 4.69) is 0 Å². The Balaban J connectivity index is 0.00000144. The van der Waals surface area contributed by atoms with Crippen molar-refractivity contribution in [2.45, 2.75) is 19.1 Å². The summed E-state index contributed by atoms with van der Waals surface area (Å²) in [7, 11) is 0. The first kappa shape index (κ1) is 12.7. The Morgan fingerprint density at radius 1 is 1.46 bits per heavy atom. The van der Waals surface area contributed by atoms with E-state index >= 15 is 0 Å². The summed E-state index contributed by atoms with van der Waals surface area (Å²) in [4.78, 5) is 0. The normalized spacial score (nSPS) is 14.5. The molecule has 0 bridgehead atoms. The van der Waals surface area contributed by atoms with Crippen LogP contribution in [0.25, 0.3) is 0 Å². The van der Waals surface area contributed by atoms with E-state index in [1.807, 2.05) is 12.1 Å². The third-order valence-corrected chi connectivity index (χ3v) is 1.99. The molecule has 2 unspecified atom stereocenters. The number of aliphatic hydroxyl groups is 1. The molecule has 0 fully saturated rings. The third kappa shape index (κ3) is 3.53. The molecule has 0 aliphatic rings. The van der Waals surface area contributed by atoms with Crippen molar-refractivity contribution in [3.8, 4) is 0 Å². The van der Waals surface area contributed by atoms with Gasteiger partial charge in [-0.25, -0.2) is 0 Å². The van der Waals surface area contributed by atoms with Crippen LogP contribution in [-0.4, -0.2) is 11.2 Å². The zero-order valence-corrected chi connectivity index (χ0v) is 8.85. The summed E-state index contributed by atoms with van der Waals surface area (Å²) in [6.45, 7) is 1.66. The number of rotatable bonds is 2. The van der Waals surface area contributed by atoms with Crippen molar-refractivity contribution in [1.29, 1.82) is 0 Å². The highest BCUT2D eigenvalue weighted by atomic mass is 35.5. The van der Waals surface area contributed by atoms with Crippen molar-refractivity contribution in [3.05, 3.63) is 34.9 Å². The number of nitrogens with two attached hydrogens (primary N) is 1. The Morgan fingerprint density at radius 3 is 2.54 bits per heavy atom. The van der Waals surface area contributed by atoms with Gasteiger partial charge in [-0.2, -0.15) is 0 Å². The Morgan fingerprint density at radius 2 is 2.08 bits per heavy atom. The zero-order valence-electron chi connectivity index (χ0n) is 7.27. The number of hydrogen-bond acceptors (Lipinski definition) is 2. The molecule has 0 aromatic heterocycles. The summed E-state index contributed by atoms with van der Waals surface area (Å²) < 4.78 is 0. The van der Waals surface area contributed by atoms with Gasteiger partial charge < -0.3 is 10.8 Å². The second-order valence-corrected chi connectivity index (χ2v) is 3.26. The van der Waals surface area contributed by atoms with Gasteiger partial charge in [0.25, 0.3) is 0 Å². The SMILES string of the molecule is CC(O)C(N)c1cccc(Cl)c1.Cl. The van der Waals surface area contributed by atoms with E-state index < -0.39 is 6.10 Å². The van der Waals surface area contributed by atoms with Crippen LogP contribution in [0.2, 0.25) is 5.02 Å². The minimum Gasteiger partial charge on any atom is -0.391 e. The van der Waals surface area contributed by atoms with Crippen molar-refractivity contribution in [2.75, 3.05) is 0 Å². The van der Waals surface area contributed by atoms with E-state index in [4.69, 9.17) is 17.3 Å². The fraction of sp³-hybridized carbons (Fsp3) is 0.333. The van der Waals surface area contributed by atoms with Gasteiger partial charge in [-0.3, -0.25) is 0 Å². The summed E-state index contributed by atoms with van der Waals surface area (Å²) in [6, 6.07) is 6.85. The minimum absolute atomic E-state index is 0. The first-order valence-corrected chi connectivity index (χ1v) is 4.18. The Labute approximate surface area is 89.1 Å². The van der Waals surface area contributed by atoms with Crippen molar-refractivity contribution >= 4 is 24.0 Å². The van der Waals surface area contributed by atoms with Gasteiger partial charge in [0.2, 0.25) is 0 Å². The highest BCUT2D eigenvalue weighted by Gasteiger charge is 2.11. The predicted octanol–water partition coefficient (Wildman–Crippen LogP) is 2.14. The van der Waals surface area contributed by atoms with Gasteiger partial charge in [-0.15, -0.1) is 12.4 Å². The van der Waals surface area contributed by atoms with Crippen LogP contribution in [0.3, 0.4) is 0 Å². The van der Waals surface area contributed by atoms with Crippen molar-refractivity contribution in [1.82, 2.24) is 0 Å². The molecule has 0 aliphatic carbocycles. The molecule has 0 heterocycles. The summed E-state index contributed by atoms with van der Waals surface area (Å²) in [5.74, 6) is 0. The standard InChI is InChI=1S/C9H12ClNO.ClH/c1-6(12)9(11)7-3-2-4-8(10)5-7;/h2-6,9,12H,11H2,1H3;1H. The fourth-order valence-corrected chi connectivity index (χ4v) is 1.19. The van der Waals surface area contributed by atoms with Gasteiger partial charge in [0.05, 0.1) is 12.1 Å². The van der Waals surface area contributed by atoms with Gasteiger partial charge in [-0.05, 0) is 24.6 Å². The summed E-state index contributed by atoms with van der Waals surface area (Å²) in [6.07, 6.45) is -0.552. The van der Waals surface area contributed by atoms with Crippen molar-refractivity contribution < 1.29 is 5.11 Å². The molecule has 2 nitrogen and oxygen atoms in total. The number of benzene rings is 1. The van der Waals surface area contributed by atoms with E-state index in [1.165, 1.54) is 0 Å². The Hall–Kier alpha value is -0.280. The van der Waals surface area contributed by atoms with Gasteiger partial charge in [0.1, 0.15) is 0 Å². The van der Waals surface area contributed by atoms with Crippen LogP contribution in [0.5, 0.6) is 0 Å². The first-order valence-electron chi connectivity index (χ1n) is 3.80. The molecule has 13 heavy (non-hydrogen) atoms. The smallest absolute Gasteiger partial charge is 0.0704 e. The van der Waals surface area contributed by atoms with Crippen molar-refractivity contribution in [2.24, 2.45) is 5.73 Å². The van der Waals surface area contributed by atoms with E-state index in [-0.39, 0.29) is 18.4 Å². The molecule has 0 saturated carbocycles. The molecule has 0 radical (unpaired) electrons. The monoisotopic (exact) mass is 221 g/mol. The van der Waals surface area contributed by atoms with Crippen LogP contribution in [0.1, 0.15) is 18.5 Å². The van der Waals surface area contributed by atoms with E-state index in [9.17, 15) is 5.11 Å². The Kier molecular flexibility index (Phi) is 5.33. The average Bonchev–Trinajstić information content (AvgIpc) is 2.03. The van der Waals surface area contributed by atoms with Gasteiger partial charge in [0, 0.05) is 5.02 Å². The van der Waals surface area contributed by atoms with E-state index in [1.54, 1.807) is 19.1 Å². The maximum absolute atomic E-state index is 9.20.